The van der Waals surface area contributed by atoms with Crippen LogP contribution < -0.4 is 5.56 Å². The van der Waals surface area contributed by atoms with Gasteiger partial charge >= 0.3 is 0 Å². The number of aliphatic hydroxyl groups is 1. The van der Waals surface area contributed by atoms with Crippen LogP contribution in [0.15, 0.2) is 28.6 Å². The first-order valence-electron chi connectivity index (χ1n) is 8.50. The van der Waals surface area contributed by atoms with Crippen LogP contribution in [0.2, 0.25) is 0 Å². The fraction of sp³-hybridized carbons (Fsp3) is 0.444. The maximum Gasteiger partial charge on any atom is 0.262 e. The molecule has 1 aliphatic carbocycles. The highest BCUT2D eigenvalue weighted by molar-refractivity contribution is 7.18. The Hall–Kier alpha value is -1.54. The lowest BCUT2D eigenvalue weighted by atomic mass is 9.97. The third-order valence-electron chi connectivity index (χ3n) is 4.48. The summed E-state index contributed by atoms with van der Waals surface area (Å²) in [6.45, 7) is 0.889. The van der Waals surface area contributed by atoms with Crippen LogP contribution in [0, 0.1) is 0 Å². The predicted octanol–water partition coefficient (Wildman–Crippen LogP) is 2.98. The van der Waals surface area contributed by atoms with Crippen molar-refractivity contribution in [3.8, 4) is 0 Å². The lowest BCUT2D eigenvalue weighted by Gasteiger charge is -2.13. The zero-order valence-electron chi connectivity index (χ0n) is 13.8. The molecule has 0 fully saturated rings. The smallest absolute Gasteiger partial charge is 0.262 e. The fourth-order valence-corrected chi connectivity index (χ4v) is 5.14. The highest BCUT2D eigenvalue weighted by Gasteiger charge is 2.20. The van der Waals surface area contributed by atoms with Crippen LogP contribution in [0.1, 0.15) is 28.2 Å². The number of nitrogens with zero attached hydrogens (tertiary/aromatic N) is 2. The molecule has 132 valence electrons. The summed E-state index contributed by atoms with van der Waals surface area (Å²) in [6.07, 6.45) is 5.15. The molecule has 1 N–H and O–H groups in total. The molecule has 0 radical (unpaired) electrons. The normalized spacial score (nSPS) is 15.4. The summed E-state index contributed by atoms with van der Waals surface area (Å²) in [5.74, 6) is 0. The minimum Gasteiger partial charge on any atom is -0.389 e. The van der Waals surface area contributed by atoms with E-state index in [1.807, 2.05) is 17.5 Å². The Labute approximate surface area is 153 Å². The molecule has 0 saturated heterocycles. The van der Waals surface area contributed by atoms with E-state index in [0.29, 0.717) is 6.61 Å². The van der Waals surface area contributed by atoms with Crippen molar-refractivity contribution < 1.29 is 9.84 Å². The highest BCUT2D eigenvalue weighted by Crippen LogP contribution is 2.33. The number of aryl methyl sites for hydroxylation is 2. The first-order chi connectivity index (χ1) is 12.2. The maximum atomic E-state index is 12.8. The van der Waals surface area contributed by atoms with Crippen molar-refractivity contribution in [3.63, 3.8) is 0 Å². The van der Waals surface area contributed by atoms with Crippen LogP contribution in [0.25, 0.3) is 10.2 Å². The van der Waals surface area contributed by atoms with Gasteiger partial charge in [0.25, 0.3) is 5.56 Å². The number of rotatable bonds is 6. The second kappa shape index (κ2) is 7.37. The second-order valence-corrected chi connectivity index (χ2v) is 8.46. The van der Waals surface area contributed by atoms with Gasteiger partial charge in [-0.2, -0.15) is 0 Å². The first-order valence-corrected chi connectivity index (χ1v) is 10.2. The third-order valence-corrected chi connectivity index (χ3v) is 6.53. The molecule has 1 unspecified atom stereocenters. The number of aliphatic hydroxyl groups excluding tert-OH is 1. The van der Waals surface area contributed by atoms with E-state index in [0.717, 1.165) is 34.4 Å². The Morgan fingerprint density at radius 1 is 1.36 bits per heavy atom. The summed E-state index contributed by atoms with van der Waals surface area (Å²) in [6, 6.07) is 3.97. The van der Waals surface area contributed by atoms with Crippen molar-refractivity contribution >= 4 is 32.9 Å². The SMILES string of the molecule is O=c1c2c3c(sc2ncn1CC(O)COCc1cccs1)CCCC3. The van der Waals surface area contributed by atoms with Crippen molar-refractivity contribution in [2.45, 2.75) is 44.9 Å². The zero-order valence-corrected chi connectivity index (χ0v) is 15.4. The van der Waals surface area contributed by atoms with Gasteiger partial charge in [0.2, 0.25) is 0 Å². The molecule has 3 heterocycles. The van der Waals surface area contributed by atoms with Gasteiger partial charge in [0.15, 0.2) is 0 Å². The van der Waals surface area contributed by atoms with Gasteiger partial charge in [-0.1, -0.05) is 6.07 Å². The monoisotopic (exact) mass is 376 g/mol. The molecular weight excluding hydrogens is 356 g/mol. The van der Waals surface area contributed by atoms with Crippen LogP contribution in [-0.4, -0.2) is 27.4 Å². The molecule has 0 bridgehead atoms. The molecule has 0 spiro atoms. The summed E-state index contributed by atoms with van der Waals surface area (Å²) in [4.78, 5) is 20.6. The average molecular weight is 377 g/mol. The van der Waals surface area contributed by atoms with Crippen LogP contribution in [0.4, 0.5) is 0 Å². The Morgan fingerprint density at radius 3 is 3.08 bits per heavy atom. The fourth-order valence-electron chi connectivity index (χ4n) is 3.28. The van der Waals surface area contributed by atoms with Gasteiger partial charge in [-0.25, -0.2) is 4.98 Å². The van der Waals surface area contributed by atoms with Gasteiger partial charge in [-0.05, 0) is 42.7 Å². The third kappa shape index (κ3) is 3.55. The van der Waals surface area contributed by atoms with E-state index in [9.17, 15) is 9.90 Å². The second-order valence-electron chi connectivity index (χ2n) is 6.34. The first kappa shape index (κ1) is 16.9. The average Bonchev–Trinajstić information content (AvgIpc) is 3.24. The molecule has 1 aliphatic rings. The van der Waals surface area contributed by atoms with Crippen molar-refractivity contribution in [1.29, 1.82) is 0 Å². The van der Waals surface area contributed by atoms with E-state index in [1.165, 1.54) is 21.4 Å². The minimum absolute atomic E-state index is 0.0401. The number of fused-ring (bicyclic) bond motifs is 3. The van der Waals surface area contributed by atoms with E-state index in [-0.39, 0.29) is 18.7 Å². The topological polar surface area (TPSA) is 64.4 Å². The summed E-state index contributed by atoms with van der Waals surface area (Å²) in [5, 5.41) is 13.0. The van der Waals surface area contributed by atoms with Crippen LogP contribution in [0.5, 0.6) is 0 Å². The van der Waals surface area contributed by atoms with Gasteiger partial charge in [-0.3, -0.25) is 9.36 Å². The molecule has 0 amide bonds. The van der Waals surface area contributed by atoms with E-state index in [2.05, 4.69) is 4.98 Å². The van der Waals surface area contributed by atoms with Crippen molar-refractivity contribution in [2.24, 2.45) is 0 Å². The summed E-state index contributed by atoms with van der Waals surface area (Å²) in [7, 11) is 0. The molecule has 5 nitrogen and oxygen atoms in total. The number of hydrogen-bond acceptors (Lipinski definition) is 6. The lowest BCUT2D eigenvalue weighted by Crippen LogP contribution is -2.29. The van der Waals surface area contributed by atoms with Gasteiger partial charge in [-0.15, -0.1) is 22.7 Å². The quantitative estimate of drug-likeness (QED) is 0.718. The van der Waals surface area contributed by atoms with Gasteiger partial charge in [0, 0.05) is 9.75 Å². The van der Waals surface area contributed by atoms with Crippen LogP contribution in [-0.2, 0) is 30.7 Å². The molecule has 0 aromatic carbocycles. The summed E-state index contributed by atoms with van der Waals surface area (Å²) >= 11 is 3.27. The van der Waals surface area contributed by atoms with Crippen molar-refractivity contribution in [3.05, 3.63) is 49.5 Å². The Kier molecular flexibility index (Phi) is 4.98. The number of hydrogen-bond donors (Lipinski definition) is 1. The van der Waals surface area contributed by atoms with E-state index in [1.54, 1.807) is 29.0 Å². The number of aromatic nitrogens is 2. The van der Waals surface area contributed by atoms with Crippen molar-refractivity contribution in [2.75, 3.05) is 6.61 Å². The number of thiophene rings is 2. The molecule has 0 saturated carbocycles. The number of ether oxygens (including phenoxy) is 1. The Balaban J connectivity index is 1.47. The maximum absolute atomic E-state index is 12.8. The van der Waals surface area contributed by atoms with Crippen LogP contribution in [0.3, 0.4) is 0 Å². The van der Waals surface area contributed by atoms with Gasteiger partial charge in [0.1, 0.15) is 4.83 Å². The lowest BCUT2D eigenvalue weighted by molar-refractivity contribution is 0.0207. The van der Waals surface area contributed by atoms with Gasteiger partial charge in [0.05, 0.1) is 37.6 Å². The highest BCUT2D eigenvalue weighted by atomic mass is 32.1. The molecule has 3 aromatic heterocycles. The summed E-state index contributed by atoms with van der Waals surface area (Å²) in [5.41, 5.74) is 1.14. The van der Waals surface area contributed by atoms with Crippen LogP contribution >= 0.6 is 22.7 Å². The largest absolute Gasteiger partial charge is 0.389 e. The van der Waals surface area contributed by atoms with Crippen molar-refractivity contribution in [1.82, 2.24) is 9.55 Å². The molecule has 3 aromatic rings. The van der Waals surface area contributed by atoms with Gasteiger partial charge < -0.3 is 9.84 Å². The Bertz CT molecular complexity index is 914. The molecular formula is C18H20N2O3S2. The molecule has 4 rings (SSSR count). The zero-order chi connectivity index (χ0) is 17.2. The summed E-state index contributed by atoms with van der Waals surface area (Å²) < 4.78 is 7.06. The molecule has 0 aliphatic heterocycles. The van der Waals surface area contributed by atoms with E-state index in [4.69, 9.17) is 4.74 Å². The predicted molar refractivity (Wildman–Crippen MR) is 101 cm³/mol. The minimum atomic E-state index is -0.730. The molecule has 25 heavy (non-hydrogen) atoms. The molecule has 7 heteroatoms. The van der Waals surface area contributed by atoms with E-state index < -0.39 is 6.10 Å². The standard InChI is InChI=1S/C18H20N2O3S2/c21-12(9-23-10-13-4-3-7-24-13)8-20-11-19-17-16(18(20)22)14-5-1-2-6-15(14)25-17/h3-4,7,11-12,21H,1-2,5-6,8-10H2. The van der Waals surface area contributed by atoms with E-state index >= 15 is 0 Å². The molecule has 1 atom stereocenters. The Morgan fingerprint density at radius 2 is 2.24 bits per heavy atom.